The summed E-state index contributed by atoms with van der Waals surface area (Å²) in [6.07, 6.45) is 1.57. The number of hydrogen-bond donors (Lipinski definition) is 0. The highest BCUT2D eigenvalue weighted by Gasteiger charge is 2.25. The van der Waals surface area contributed by atoms with Crippen LogP contribution in [0.5, 0.6) is 5.75 Å². The normalized spacial score (nSPS) is 11.4. The molecule has 0 N–H and O–H groups in total. The smallest absolute Gasteiger partial charge is 0.189 e. The second kappa shape index (κ2) is 5.98. The molecule has 0 amide bonds. The first-order valence-electron chi connectivity index (χ1n) is 6.16. The van der Waals surface area contributed by atoms with E-state index < -0.39 is 5.92 Å². The molecule has 0 aliphatic carbocycles. The first-order chi connectivity index (χ1) is 9.67. The number of hydrogen-bond acceptors (Lipinski definition) is 4. The van der Waals surface area contributed by atoms with Gasteiger partial charge in [-0.1, -0.05) is 17.7 Å². The summed E-state index contributed by atoms with van der Waals surface area (Å²) in [6, 6.07) is 12.5. The van der Waals surface area contributed by atoms with Gasteiger partial charge in [0.25, 0.3) is 0 Å². The molecule has 0 saturated carbocycles. The van der Waals surface area contributed by atoms with Gasteiger partial charge in [0.2, 0.25) is 0 Å². The van der Waals surface area contributed by atoms with Gasteiger partial charge in [0, 0.05) is 6.20 Å². The molecule has 20 heavy (non-hydrogen) atoms. The van der Waals surface area contributed by atoms with Gasteiger partial charge in [-0.05, 0) is 31.2 Å². The van der Waals surface area contributed by atoms with Gasteiger partial charge in [0.15, 0.2) is 11.7 Å². The molecular weight excluding hydrogens is 252 g/mol. The average Bonchev–Trinajstić information content (AvgIpc) is 2.49. The number of pyridine rings is 1. The molecule has 4 nitrogen and oxygen atoms in total. The number of Topliss-reactive ketones (excluding diaryl/α,β-unsaturated/α-hetero) is 1. The SMILES string of the molecule is COc1ccc(C)cc1C(=O)C(C#N)c1ccccn1. The Morgan fingerprint density at radius 1 is 1.35 bits per heavy atom. The first-order valence-corrected chi connectivity index (χ1v) is 6.16. The number of methoxy groups -OCH3 is 1. The van der Waals surface area contributed by atoms with Crippen molar-refractivity contribution < 1.29 is 9.53 Å². The van der Waals surface area contributed by atoms with E-state index in [2.05, 4.69) is 4.98 Å². The summed E-state index contributed by atoms with van der Waals surface area (Å²) in [5.74, 6) is -0.754. The van der Waals surface area contributed by atoms with Crippen LogP contribution in [0.1, 0.15) is 27.5 Å². The quantitative estimate of drug-likeness (QED) is 0.798. The van der Waals surface area contributed by atoms with E-state index in [0.29, 0.717) is 17.0 Å². The van der Waals surface area contributed by atoms with Crippen LogP contribution in [0, 0.1) is 18.3 Å². The van der Waals surface area contributed by atoms with E-state index in [9.17, 15) is 10.1 Å². The van der Waals surface area contributed by atoms with Crippen LogP contribution in [0.25, 0.3) is 0 Å². The molecule has 1 atom stereocenters. The Morgan fingerprint density at radius 2 is 2.15 bits per heavy atom. The second-order valence-electron chi connectivity index (χ2n) is 4.38. The molecule has 4 heteroatoms. The van der Waals surface area contributed by atoms with Gasteiger partial charge in [-0.2, -0.15) is 5.26 Å². The lowest BCUT2D eigenvalue weighted by molar-refractivity contribution is 0.0974. The summed E-state index contributed by atoms with van der Waals surface area (Å²) in [7, 11) is 1.50. The topological polar surface area (TPSA) is 63.0 Å². The second-order valence-corrected chi connectivity index (χ2v) is 4.38. The number of aryl methyl sites for hydroxylation is 1. The van der Waals surface area contributed by atoms with Gasteiger partial charge in [-0.15, -0.1) is 0 Å². The van der Waals surface area contributed by atoms with Crippen molar-refractivity contribution in [1.82, 2.24) is 4.98 Å². The van der Waals surface area contributed by atoms with Gasteiger partial charge in [-0.25, -0.2) is 0 Å². The van der Waals surface area contributed by atoms with Crippen molar-refractivity contribution in [3.8, 4) is 11.8 Å². The number of nitriles is 1. The van der Waals surface area contributed by atoms with Crippen molar-refractivity contribution in [2.45, 2.75) is 12.8 Å². The summed E-state index contributed by atoms with van der Waals surface area (Å²) < 4.78 is 5.20. The number of ether oxygens (including phenoxy) is 1. The zero-order chi connectivity index (χ0) is 14.5. The summed E-state index contributed by atoms with van der Waals surface area (Å²) >= 11 is 0. The van der Waals surface area contributed by atoms with Crippen LogP contribution in [0.3, 0.4) is 0 Å². The summed E-state index contributed by atoms with van der Waals surface area (Å²) in [4.78, 5) is 16.7. The Bertz CT molecular complexity index is 660. The molecule has 2 rings (SSSR count). The summed E-state index contributed by atoms with van der Waals surface area (Å²) in [5, 5.41) is 9.29. The van der Waals surface area contributed by atoms with E-state index in [-0.39, 0.29) is 5.78 Å². The fourth-order valence-electron chi connectivity index (χ4n) is 1.98. The molecule has 1 aromatic heterocycles. The number of carbonyl (C=O) groups excluding carboxylic acids is 1. The van der Waals surface area contributed by atoms with E-state index in [0.717, 1.165) is 5.56 Å². The van der Waals surface area contributed by atoms with Crippen molar-refractivity contribution in [3.05, 3.63) is 59.4 Å². The van der Waals surface area contributed by atoms with Crippen LogP contribution in [0.4, 0.5) is 0 Å². The Labute approximate surface area is 117 Å². The number of carbonyl (C=O) groups is 1. The van der Waals surface area contributed by atoms with E-state index in [1.807, 2.05) is 19.1 Å². The predicted molar refractivity (Wildman–Crippen MR) is 74.7 cm³/mol. The molecule has 0 bridgehead atoms. The van der Waals surface area contributed by atoms with E-state index in [1.165, 1.54) is 7.11 Å². The van der Waals surface area contributed by atoms with Gasteiger partial charge in [-0.3, -0.25) is 9.78 Å². The molecule has 0 aliphatic rings. The minimum atomic E-state index is -0.924. The van der Waals surface area contributed by atoms with Crippen LogP contribution >= 0.6 is 0 Å². The number of aromatic nitrogens is 1. The fourth-order valence-corrected chi connectivity index (χ4v) is 1.98. The lowest BCUT2D eigenvalue weighted by Crippen LogP contribution is -2.14. The van der Waals surface area contributed by atoms with Crippen LogP contribution in [-0.4, -0.2) is 17.9 Å². The Morgan fingerprint density at radius 3 is 2.75 bits per heavy atom. The number of benzene rings is 1. The zero-order valence-electron chi connectivity index (χ0n) is 11.3. The summed E-state index contributed by atoms with van der Waals surface area (Å²) in [5.41, 5.74) is 1.79. The average molecular weight is 266 g/mol. The van der Waals surface area contributed by atoms with E-state index >= 15 is 0 Å². The van der Waals surface area contributed by atoms with Crippen molar-refractivity contribution in [2.75, 3.05) is 7.11 Å². The molecule has 0 aliphatic heterocycles. The molecule has 0 radical (unpaired) electrons. The molecule has 0 spiro atoms. The van der Waals surface area contributed by atoms with Gasteiger partial charge in [0.05, 0.1) is 24.4 Å². The largest absolute Gasteiger partial charge is 0.496 e. The third-order valence-electron chi connectivity index (χ3n) is 3.00. The monoisotopic (exact) mass is 266 g/mol. The van der Waals surface area contributed by atoms with Gasteiger partial charge < -0.3 is 4.74 Å². The summed E-state index contributed by atoms with van der Waals surface area (Å²) in [6.45, 7) is 1.89. The maximum Gasteiger partial charge on any atom is 0.189 e. The highest BCUT2D eigenvalue weighted by Crippen LogP contribution is 2.26. The molecule has 100 valence electrons. The van der Waals surface area contributed by atoms with Gasteiger partial charge in [0.1, 0.15) is 5.75 Å². The van der Waals surface area contributed by atoms with Crippen LogP contribution < -0.4 is 4.74 Å². The minimum absolute atomic E-state index is 0.299. The minimum Gasteiger partial charge on any atom is -0.496 e. The maximum atomic E-state index is 12.6. The van der Waals surface area contributed by atoms with Crippen LogP contribution in [-0.2, 0) is 0 Å². The van der Waals surface area contributed by atoms with E-state index in [4.69, 9.17) is 4.74 Å². The third-order valence-corrected chi connectivity index (χ3v) is 3.00. The lowest BCUT2D eigenvalue weighted by Gasteiger charge is -2.11. The standard InChI is InChI=1S/C16H14N2O2/c1-11-6-7-15(20-2)12(9-11)16(19)13(10-17)14-5-3-4-8-18-14/h3-9,13H,1-2H3. The van der Waals surface area contributed by atoms with Crippen molar-refractivity contribution in [2.24, 2.45) is 0 Å². The van der Waals surface area contributed by atoms with Crippen LogP contribution in [0.2, 0.25) is 0 Å². The maximum absolute atomic E-state index is 12.6. The molecular formula is C16H14N2O2. The van der Waals surface area contributed by atoms with Gasteiger partial charge >= 0.3 is 0 Å². The highest BCUT2D eigenvalue weighted by atomic mass is 16.5. The Balaban J connectivity index is 2.45. The third kappa shape index (κ3) is 2.67. The molecule has 1 heterocycles. The molecule has 1 unspecified atom stereocenters. The fraction of sp³-hybridized carbons (Fsp3) is 0.188. The number of rotatable bonds is 4. The predicted octanol–water partition coefficient (Wildman–Crippen LogP) is 2.89. The Kier molecular flexibility index (Phi) is 4.11. The lowest BCUT2D eigenvalue weighted by atomic mass is 9.94. The molecule has 1 aromatic carbocycles. The van der Waals surface area contributed by atoms with Crippen molar-refractivity contribution in [3.63, 3.8) is 0 Å². The number of nitrogens with zero attached hydrogens (tertiary/aromatic N) is 2. The number of ketones is 1. The Hall–Kier alpha value is -2.67. The van der Waals surface area contributed by atoms with Crippen molar-refractivity contribution >= 4 is 5.78 Å². The molecule has 0 saturated heterocycles. The first kappa shape index (κ1) is 13.8. The zero-order valence-corrected chi connectivity index (χ0v) is 11.3. The van der Waals surface area contributed by atoms with Crippen LogP contribution in [0.15, 0.2) is 42.6 Å². The highest BCUT2D eigenvalue weighted by molar-refractivity contribution is 6.04. The van der Waals surface area contributed by atoms with E-state index in [1.54, 1.807) is 36.5 Å². The van der Waals surface area contributed by atoms with Crippen molar-refractivity contribution in [1.29, 1.82) is 5.26 Å². The molecule has 2 aromatic rings. The molecule has 0 fully saturated rings.